The molecule has 86 valence electrons. The molecule has 1 aromatic rings. The van der Waals surface area contributed by atoms with Crippen molar-refractivity contribution in [1.29, 1.82) is 0 Å². The molecule has 0 aliphatic heterocycles. The van der Waals surface area contributed by atoms with Crippen molar-refractivity contribution in [3.8, 4) is 0 Å². The standard InChI is InChI=1S/C13H23NO/c1-11(2)6-4-7-12(3)14-10-13-8-5-9-15-13/h5,8-9,11-12,14H,4,6-7,10H2,1-3H3/t12-/m1/s1. The smallest absolute Gasteiger partial charge is 0.117 e. The molecular weight excluding hydrogens is 186 g/mol. The summed E-state index contributed by atoms with van der Waals surface area (Å²) in [6, 6.07) is 4.52. The second-order valence-corrected chi connectivity index (χ2v) is 4.69. The molecule has 0 radical (unpaired) electrons. The lowest BCUT2D eigenvalue weighted by molar-refractivity contribution is 0.423. The van der Waals surface area contributed by atoms with Crippen molar-refractivity contribution in [2.45, 2.75) is 52.6 Å². The highest BCUT2D eigenvalue weighted by atomic mass is 16.3. The summed E-state index contributed by atoms with van der Waals surface area (Å²) in [4.78, 5) is 0. The molecule has 0 bridgehead atoms. The molecule has 1 rings (SSSR count). The van der Waals surface area contributed by atoms with Crippen molar-refractivity contribution in [1.82, 2.24) is 5.32 Å². The van der Waals surface area contributed by atoms with Crippen LogP contribution in [-0.2, 0) is 6.54 Å². The van der Waals surface area contributed by atoms with Gasteiger partial charge in [0.15, 0.2) is 0 Å². The molecule has 2 nitrogen and oxygen atoms in total. The van der Waals surface area contributed by atoms with Gasteiger partial charge in [-0.1, -0.05) is 26.7 Å². The van der Waals surface area contributed by atoms with Gasteiger partial charge in [0.05, 0.1) is 12.8 Å². The predicted molar refractivity (Wildman–Crippen MR) is 63.7 cm³/mol. The Bertz CT molecular complexity index is 241. The van der Waals surface area contributed by atoms with Gasteiger partial charge in [-0.3, -0.25) is 0 Å². The average Bonchev–Trinajstić information content (AvgIpc) is 2.66. The lowest BCUT2D eigenvalue weighted by Crippen LogP contribution is -2.25. The second-order valence-electron chi connectivity index (χ2n) is 4.69. The van der Waals surface area contributed by atoms with Crippen LogP contribution in [0, 0.1) is 5.92 Å². The molecule has 0 saturated heterocycles. The molecule has 0 spiro atoms. The van der Waals surface area contributed by atoms with Crippen molar-refractivity contribution in [3.63, 3.8) is 0 Å². The largest absolute Gasteiger partial charge is 0.468 e. The minimum atomic E-state index is 0.578. The molecule has 1 aromatic heterocycles. The Balaban J connectivity index is 2.06. The van der Waals surface area contributed by atoms with E-state index >= 15 is 0 Å². The van der Waals surface area contributed by atoms with Crippen LogP contribution >= 0.6 is 0 Å². The van der Waals surface area contributed by atoms with Gasteiger partial charge in [-0.25, -0.2) is 0 Å². The third-order valence-electron chi connectivity index (χ3n) is 2.62. The molecule has 1 heterocycles. The molecule has 15 heavy (non-hydrogen) atoms. The molecule has 0 aliphatic carbocycles. The lowest BCUT2D eigenvalue weighted by Gasteiger charge is -2.13. The molecule has 0 fully saturated rings. The van der Waals surface area contributed by atoms with Gasteiger partial charge in [-0.15, -0.1) is 0 Å². The summed E-state index contributed by atoms with van der Waals surface area (Å²) in [6.45, 7) is 7.64. The van der Waals surface area contributed by atoms with E-state index in [9.17, 15) is 0 Å². The average molecular weight is 209 g/mol. The second kappa shape index (κ2) is 6.67. The van der Waals surface area contributed by atoms with Crippen LogP contribution in [0.15, 0.2) is 22.8 Å². The molecule has 0 amide bonds. The monoisotopic (exact) mass is 209 g/mol. The van der Waals surface area contributed by atoms with Crippen molar-refractivity contribution in [2.24, 2.45) is 5.92 Å². The number of rotatable bonds is 7. The fourth-order valence-electron chi connectivity index (χ4n) is 1.62. The van der Waals surface area contributed by atoms with Gasteiger partial charge in [-0.2, -0.15) is 0 Å². The van der Waals surface area contributed by atoms with E-state index in [0.29, 0.717) is 6.04 Å². The Morgan fingerprint density at radius 2 is 2.07 bits per heavy atom. The van der Waals surface area contributed by atoms with Crippen LogP contribution in [-0.4, -0.2) is 6.04 Å². The van der Waals surface area contributed by atoms with Crippen LogP contribution in [0.3, 0.4) is 0 Å². The van der Waals surface area contributed by atoms with Gasteiger partial charge in [0.2, 0.25) is 0 Å². The summed E-state index contributed by atoms with van der Waals surface area (Å²) < 4.78 is 5.26. The summed E-state index contributed by atoms with van der Waals surface area (Å²) in [7, 11) is 0. The van der Waals surface area contributed by atoms with E-state index in [4.69, 9.17) is 4.42 Å². The van der Waals surface area contributed by atoms with Crippen molar-refractivity contribution < 1.29 is 4.42 Å². The number of nitrogens with one attached hydrogen (secondary N) is 1. The van der Waals surface area contributed by atoms with Crippen molar-refractivity contribution in [3.05, 3.63) is 24.2 Å². The Morgan fingerprint density at radius 3 is 2.67 bits per heavy atom. The van der Waals surface area contributed by atoms with E-state index in [-0.39, 0.29) is 0 Å². The molecule has 0 aromatic carbocycles. The van der Waals surface area contributed by atoms with E-state index in [1.54, 1.807) is 6.26 Å². The van der Waals surface area contributed by atoms with Gasteiger partial charge in [0.1, 0.15) is 5.76 Å². The highest BCUT2D eigenvalue weighted by Gasteiger charge is 2.03. The zero-order valence-corrected chi connectivity index (χ0v) is 10.1. The highest BCUT2D eigenvalue weighted by Crippen LogP contribution is 2.08. The van der Waals surface area contributed by atoms with Gasteiger partial charge >= 0.3 is 0 Å². The summed E-state index contributed by atoms with van der Waals surface area (Å²) in [5.41, 5.74) is 0. The molecule has 1 atom stereocenters. The normalized spacial score (nSPS) is 13.3. The SMILES string of the molecule is CC(C)CCC[C@@H](C)NCc1ccco1. The van der Waals surface area contributed by atoms with Gasteiger partial charge in [0, 0.05) is 6.04 Å². The molecule has 2 heteroatoms. The molecule has 0 saturated carbocycles. The maximum absolute atomic E-state index is 5.26. The first-order valence-electron chi connectivity index (χ1n) is 5.94. The van der Waals surface area contributed by atoms with Crippen LogP contribution in [0.2, 0.25) is 0 Å². The zero-order chi connectivity index (χ0) is 11.1. The summed E-state index contributed by atoms with van der Waals surface area (Å²) >= 11 is 0. The first-order chi connectivity index (χ1) is 7.18. The maximum Gasteiger partial charge on any atom is 0.117 e. The van der Waals surface area contributed by atoms with Crippen LogP contribution in [0.1, 0.15) is 45.8 Å². The van der Waals surface area contributed by atoms with E-state index < -0.39 is 0 Å². The Labute approximate surface area is 93.1 Å². The zero-order valence-electron chi connectivity index (χ0n) is 10.1. The van der Waals surface area contributed by atoms with Crippen LogP contribution < -0.4 is 5.32 Å². The number of furan rings is 1. The third kappa shape index (κ3) is 5.63. The minimum Gasteiger partial charge on any atom is -0.468 e. The lowest BCUT2D eigenvalue weighted by atomic mass is 10.0. The minimum absolute atomic E-state index is 0.578. The van der Waals surface area contributed by atoms with Crippen LogP contribution in [0.5, 0.6) is 0 Å². The van der Waals surface area contributed by atoms with Crippen molar-refractivity contribution >= 4 is 0 Å². The van der Waals surface area contributed by atoms with Gasteiger partial charge < -0.3 is 9.73 Å². The molecule has 1 N–H and O–H groups in total. The molecule has 0 aliphatic rings. The van der Waals surface area contributed by atoms with E-state index in [1.165, 1.54) is 19.3 Å². The van der Waals surface area contributed by atoms with Crippen LogP contribution in [0.25, 0.3) is 0 Å². The Kier molecular flexibility index (Phi) is 5.48. The molecular formula is C13H23NO. The highest BCUT2D eigenvalue weighted by molar-refractivity contribution is 4.97. The summed E-state index contributed by atoms with van der Waals surface area (Å²) in [5, 5.41) is 3.46. The predicted octanol–water partition coefficient (Wildman–Crippen LogP) is 3.58. The fraction of sp³-hybridized carbons (Fsp3) is 0.692. The fourth-order valence-corrected chi connectivity index (χ4v) is 1.62. The first kappa shape index (κ1) is 12.3. The number of hydrogen-bond acceptors (Lipinski definition) is 2. The quantitative estimate of drug-likeness (QED) is 0.742. The molecule has 0 unspecified atom stereocenters. The topological polar surface area (TPSA) is 25.2 Å². The van der Waals surface area contributed by atoms with E-state index in [1.807, 2.05) is 12.1 Å². The summed E-state index contributed by atoms with van der Waals surface area (Å²) in [5.74, 6) is 1.84. The van der Waals surface area contributed by atoms with Gasteiger partial charge in [-0.05, 0) is 31.4 Å². The van der Waals surface area contributed by atoms with E-state index in [0.717, 1.165) is 18.2 Å². The van der Waals surface area contributed by atoms with Gasteiger partial charge in [0.25, 0.3) is 0 Å². The Hall–Kier alpha value is -0.760. The summed E-state index contributed by atoms with van der Waals surface area (Å²) in [6.07, 6.45) is 5.61. The van der Waals surface area contributed by atoms with Crippen LogP contribution in [0.4, 0.5) is 0 Å². The first-order valence-corrected chi connectivity index (χ1v) is 5.94. The Morgan fingerprint density at radius 1 is 1.27 bits per heavy atom. The maximum atomic E-state index is 5.26. The van der Waals surface area contributed by atoms with Crippen molar-refractivity contribution in [2.75, 3.05) is 0 Å². The number of hydrogen-bond donors (Lipinski definition) is 1. The third-order valence-corrected chi connectivity index (χ3v) is 2.62. The van der Waals surface area contributed by atoms with E-state index in [2.05, 4.69) is 26.1 Å².